The Bertz CT molecular complexity index is 766. The number of nitrogens with zero attached hydrogens (tertiary/aromatic N) is 1. The summed E-state index contributed by atoms with van der Waals surface area (Å²) in [6.07, 6.45) is 3.57. The van der Waals surface area contributed by atoms with Crippen LogP contribution in [0.1, 0.15) is 26.7 Å². The molecule has 6 nitrogen and oxygen atoms in total. The number of nitro benzene ring substituents is 1. The third kappa shape index (κ3) is 2.29. The Balaban J connectivity index is 1.87. The second-order valence-corrected chi connectivity index (χ2v) is 7.99. The van der Waals surface area contributed by atoms with Gasteiger partial charge in [-0.3, -0.25) is 10.1 Å². The van der Waals surface area contributed by atoms with Crippen molar-refractivity contribution >= 4 is 15.8 Å². The second-order valence-electron chi connectivity index (χ2n) is 6.44. The van der Waals surface area contributed by atoms with Gasteiger partial charge in [0.1, 0.15) is 10.7 Å². The maximum atomic E-state index is 12.4. The van der Waals surface area contributed by atoms with Gasteiger partial charge in [0.25, 0.3) is 5.69 Å². The third-order valence-electron chi connectivity index (χ3n) is 4.94. The summed E-state index contributed by atoms with van der Waals surface area (Å²) in [7, 11) is -4.05. The van der Waals surface area contributed by atoms with E-state index in [-0.39, 0.29) is 21.9 Å². The Kier molecular flexibility index (Phi) is 3.28. The molecule has 22 heavy (non-hydrogen) atoms. The molecule has 0 saturated heterocycles. The van der Waals surface area contributed by atoms with Gasteiger partial charge in [-0.1, -0.05) is 19.9 Å². The van der Waals surface area contributed by atoms with Gasteiger partial charge in [-0.15, -0.1) is 0 Å². The van der Waals surface area contributed by atoms with Crippen molar-refractivity contribution in [3.63, 3.8) is 0 Å². The molecule has 1 fully saturated rings. The Labute approximate surface area is 129 Å². The fourth-order valence-electron chi connectivity index (χ4n) is 3.32. The normalized spacial score (nSPS) is 25.8. The largest absolute Gasteiger partial charge is 0.384 e. The van der Waals surface area contributed by atoms with Gasteiger partial charge in [0, 0.05) is 18.1 Å². The van der Waals surface area contributed by atoms with Crippen molar-refractivity contribution in [2.45, 2.75) is 31.6 Å². The predicted molar refractivity (Wildman–Crippen MR) is 79.4 cm³/mol. The lowest BCUT2D eigenvalue weighted by Gasteiger charge is -2.55. The molecule has 0 heterocycles. The summed E-state index contributed by atoms with van der Waals surface area (Å²) in [5, 5.41) is 10.8. The molecular weight excluding hydrogens is 306 g/mol. The number of benzene rings is 1. The zero-order chi connectivity index (χ0) is 16.1. The lowest BCUT2D eigenvalue weighted by molar-refractivity contribution is -0.385. The van der Waals surface area contributed by atoms with Crippen LogP contribution in [-0.4, -0.2) is 13.3 Å². The highest BCUT2D eigenvalue weighted by Gasteiger charge is 2.53. The summed E-state index contributed by atoms with van der Waals surface area (Å²) in [6.45, 7) is 4.23. The zero-order valence-corrected chi connectivity index (χ0v) is 13.2. The van der Waals surface area contributed by atoms with Gasteiger partial charge >= 0.3 is 10.1 Å². The lowest BCUT2D eigenvalue weighted by Crippen LogP contribution is -2.48. The molecule has 0 unspecified atom stereocenters. The quantitative estimate of drug-likeness (QED) is 0.482. The molecule has 2 bridgehead atoms. The Morgan fingerprint density at radius 3 is 2.68 bits per heavy atom. The number of rotatable bonds is 4. The van der Waals surface area contributed by atoms with E-state index in [2.05, 4.69) is 13.8 Å². The summed E-state index contributed by atoms with van der Waals surface area (Å²) < 4.78 is 30.0. The van der Waals surface area contributed by atoms with Crippen LogP contribution in [0.2, 0.25) is 0 Å². The van der Waals surface area contributed by atoms with E-state index >= 15 is 0 Å². The predicted octanol–water partition coefficient (Wildman–Crippen LogP) is 3.25. The number of nitro groups is 1. The van der Waals surface area contributed by atoms with E-state index in [1.165, 1.54) is 18.2 Å². The molecule has 4 rings (SSSR count). The molecule has 1 aromatic carbocycles. The van der Waals surface area contributed by atoms with Crippen LogP contribution >= 0.6 is 0 Å². The van der Waals surface area contributed by atoms with Gasteiger partial charge in [-0.05, 0) is 36.3 Å². The number of hydrogen-bond acceptors (Lipinski definition) is 5. The number of hydrogen-bond donors (Lipinski definition) is 0. The maximum absolute atomic E-state index is 12.4. The van der Waals surface area contributed by atoms with Gasteiger partial charge < -0.3 is 4.18 Å². The van der Waals surface area contributed by atoms with E-state index in [4.69, 9.17) is 4.18 Å². The molecule has 0 aromatic heterocycles. The summed E-state index contributed by atoms with van der Waals surface area (Å²) in [5.41, 5.74) is -0.228. The van der Waals surface area contributed by atoms with E-state index in [9.17, 15) is 18.5 Å². The van der Waals surface area contributed by atoms with Crippen LogP contribution in [0.5, 0.6) is 0 Å². The average molecular weight is 323 g/mol. The summed E-state index contributed by atoms with van der Waals surface area (Å²) >= 11 is 0. The Morgan fingerprint density at radius 1 is 1.36 bits per heavy atom. The second kappa shape index (κ2) is 4.81. The molecule has 0 spiro atoms. The topological polar surface area (TPSA) is 86.5 Å². The van der Waals surface area contributed by atoms with Gasteiger partial charge in [-0.2, -0.15) is 8.42 Å². The van der Waals surface area contributed by atoms with Gasteiger partial charge in [0.2, 0.25) is 0 Å². The summed E-state index contributed by atoms with van der Waals surface area (Å²) in [5.74, 6) is 1.14. The molecule has 3 aliphatic rings. The maximum Gasteiger partial charge on any atom is 0.339 e. The molecule has 2 atom stereocenters. The SMILES string of the molecule is CC1(C)[C@H]2CC=C(OS(=O)(=O)c3cccc([N+](=O)[O-])c3)[C@@H]1C2. The van der Waals surface area contributed by atoms with Crippen molar-refractivity contribution in [3.8, 4) is 0 Å². The molecule has 0 amide bonds. The van der Waals surface area contributed by atoms with Gasteiger partial charge in [0.15, 0.2) is 0 Å². The molecule has 3 aliphatic carbocycles. The molecule has 0 aliphatic heterocycles. The Hall–Kier alpha value is -1.89. The van der Waals surface area contributed by atoms with Crippen molar-refractivity contribution in [3.05, 3.63) is 46.2 Å². The number of fused-ring (bicyclic) bond motifs is 1. The first-order valence-corrected chi connectivity index (χ1v) is 8.51. The summed E-state index contributed by atoms with van der Waals surface area (Å²) in [6, 6.07) is 4.92. The monoisotopic (exact) mass is 323 g/mol. The van der Waals surface area contributed by atoms with Crippen molar-refractivity contribution in [2.24, 2.45) is 17.3 Å². The van der Waals surface area contributed by atoms with Crippen LogP contribution < -0.4 is 0 Å². The first-order chi connectivity index (χ1) is 10.2. The van der Waals surface area contributed by atoms with Crippen molar-refractivity contribution in [1.29, 1.82) is 0 Å². The standard InChI is InChI=1S/C15H17NO5S/c1-15(2)10-6-7-14(13(15)8-10)21-22(19,20)12-5-3-4-11(9-12)16(17)18/h3-5,7,9-10,13H,6,8H2,1-2H3/t10-,13-/m0/s1. The molecule has 7 heteroatoms. The van der Waals surface area contributed by atoms with E-state index in [1.54, 1.807) is 0 Å². The lowest BCUT2D eigenvalue weighted by atomic mass is 9.50. The zero-order valence-electron chi connectivity index (χ0n) is 12.4. The molecule has 1 saturated carbocycles. The van der Waals surface area contributed by atoms with E-state index in [0.29, 0.717) is 11.7 Å². The molecule has 0 N–H and O–H groups in total. The van der Waals surface area contributed by atoms with Gasteiger partial charge in [-0.25, -0.2) is 0 Å². The van der Waals surface area contributed by atoms with E-state index in [0.717, 1.165) is 18.9 Å². The smallest absolute Gasteiger partial charge is 0.339 e. The first-order valence-electron chi connectivity index (χ1n) is 7.11. The van der Waals surface area contributed by atoms with Crippen LogP contribution in [0.3, 0.4) is 0 Å². The van der Waals surface area contributed by atoms with E-state index in [1.807, 2.05) is 6.08 Å². The Morgan fingerprint density at radius 2 is 2.09 bits per heavy atom. The average Bonchev–Trinajstić information content (AvgIpc) is 2.46. The van der Waals surface area contributed by atoms with Gasteiger partial charge in [0.05, 0.1) is 4.92 Å². The highest BCUT2D eigenvalue weighted by atomic mass is 32.2. The van der Waals surface area contributed by atoms with E-state index < -0.39 is 15.0 Å². The fraction of sp³-hybridized carbons (Fsp3) is 0.467. The summed E-state index contributed by atoms with van der Waals surface area (Å²) in [4.78, 5) is 9.95. The molecule has 0 radical (unpaired) electrons. The minimum absolute atomic E-state index is 0.0439. The third-order valence-corrected chi connectivity index (χ3v) is 6.18. The van der Waals surface area contributed by atoms with Crippen molar-refractivity contribution in [1.82, 2.24) is 0 Å². The minimum Gasteiger partial charge on any atom is -0.384 e. The van der Waals surface area contributed by atoms with Crippen LogP contribution in [0.25, 0.3) is 0 Å². The van der Waals surface area contributed by atoms with Crippen molar-refractivity contribution in [2.75, 3.05) is 0 Å². The molecule has 1 aromatic rings. The highest BCUT2D eigenvalue weighted by Crippen LogP contribution is 2.59. The molecular formula is C15H17NO5S. The van der Waals surface area contributed by atoms with Crippen LogP contribution in [0.15, 0.2) is 41.0 Å². The van der Waals surface area contributed by atoms with Crippen LogP contribution in [-0.2, 0) is 14.3 Å². The van der Waals surface area contributed by atoms with Crippen molar-refractivity contribution < 1.29 is 17.5 Å². The fourth-order valence-corrected chi connectivity index (χ4v) is 4.36. The first kappa shape index (κ1) is 15.0. The molecule has 118 valence electrons. The highest BCUT2D eigenvalue weighted by molar-refractivity contribution is 7.86. The number of non-ortho nitro benzene ring substituents is 1. The van der Waals surface area contributed by atoms with Crippen LogP contribution in [0.4, 0.5) is 5.69 Å². The number of allylic oxidation sites excluding steroid dienone is 2. The minimum atomic E-state index is -4.05. The van der Waals surface area contributed by atoms with Crippen LogP contribution in [0, 0.1) is 27.4 Å².